The van der Waals surface area contributed by atoms with Gasteiger partial charge in [0, 0.05) is 72.5 Å². The van der Waals surface area contributed by atoms with Crippen LogP contribution in [0.1, 0.15) is 119 Å². The monoisotopic (exact) mass is 1150 g/mol. The smallest absolute Gasteiger partial charge is 0.186 e. The first-order valence-corrected chi connectivity index (χ1v) is 26.2. The van der Waals surface area contributed by atoms with Crippen molar-refractivity contribution >= 4 is 62.2 Å². The molecule has 0 saturated carbocycles. The molecule has 0 saturated heterocycles. The van der Waals surface area contributed by atoms with E-state index in [4.69, 9.17) is 9.72 Å². The first-order valence-electron chi connectivity index (χ1n) is 26.2. The second kappa shape index (κ2) is 18.5. The van der Waals surface area contributed by atoms with Crippen LogP contribution < -0.4 is 25.5 Å². The quantitative estimate of drug-likeness (QED) is 0.112. The van der Waals surface area contributed by atoms with Gasteiger partial charge in [0.25, 0.3) is 0 Å². The molecular weight excluding hydrogens is 1080 g/mol. The second-order valence-electron chi connectivity index (χ2n) is 24.9. The van der Waals surface area contributed by atoms with Gasteiger partial charge < -0.3 is 19.1 Å². The van der Waals surface area contributed by atoms with Gasteiger partial charge in [-0.05, 0) is 97.5 Å². The maximum Gasteiger partial charge on any atom is 0.186 e. The minimum atomic E-state index is -0.108. The first-order chi connectivity index (χ1) is 34.5. The third-order valence-corrected chi connectivity index (χ3v) is 15.2. The van der Waals surface area contributed by atoms with Crippen molar-refractivity contribution in [3.05, 3.63) is 187 Å². The van der Waals surface area contributed by atoms with E-state index in [1.165, 1.54) is 66.2 Å². The molecule has 4 heterocycles. The van der Waals surface area contributed by atoms with Gasteiger partial charge in [-0.1, -0.05) is 192 Å². The Morgan fingerprint density at radius 1 is 0.527 bits per heavy atom. The fourth-order valence-electron chi connectivity index (χ4n) is 11.1. The van der Waals surface area contributed by atoms with Crippen LogP contribution in [0.3, 0.4) is 0 Å². The van der Waals surface area contributed by atoms with Crippen LogP contribution in [0, 0.1) is 18.8 Å². The minimum absolute atomic E-state index is 0. The van der Waals surface area contributed by atoms with Gasteiger partial charge in [-0.15, -0.1) is 48.1 Å². The third kappa shape index (κ3) is 8.99. The van der Waals surface area contributed by atoms with Crippen LogP contribution in [-0.2, 0) is 42.7 Å². The van der Waals surface area contributed by atoms with E-state index >= 15 is 0 Å². The molecule has 9 aromatic rings. The summed E-state index contributed by atoms with van der Waals surface area (Å²) in [4.78, 5) is 9.66. The predicted molar refractivity (Wildman–Crippen MR) is 310 cm³/mol. The Hall–Kier alpha value is -6.36. The van der Waals surface area contributed by atoms with Crippen LogP contribution in [0.2, 0.25) is 5.82 Å². The zero-order valence-electron chi connectivity index (χ0n) is 45.6. The summed E-state index contributed by atoms with van der Waals surface area (Å²) in [6.07, 6.45) is 1.94. The third-order valence-electron chi connectivity index (χ3n) is 15.2. The van der Waals surface area contributed by atoms with E-state index in [0.717, 1.165) is 39.6 Å². The summed E-state index contributed by atoms with van der Waals surface area (Å²) in [6, 6.07) is 58.9. The van der Waals surface area contributed by atoms with Gasteiger partial charge in [-0.25, -0.2) is 4.98 Å². The summed E-state index contributed by atoms with van der Waals surface area (Å²) in [5.41, 5.74) is 18.6. The van der Waals surface area contributed by atoms with Crippen molar-refractivity contribution in [3.8, 4) is 39.6 Å². The summed E-state index contributed by atoms with van der Waals surface area (Å²) < 4.78 is 9.27. The van der Waals surface area contributed by atoms with Gasteiger partial charge in [0.2, 0.25) is 0 Å². The van der Waals surface area contributed by atoms with Crippen molar-refractivity contribution in [3.63, 3.8) is 0 Å². The van der Waals surface area contributed by atoms with Gasteiger partial charge in [0.15, 0.2) is 6.71 Å². The number of anilines is 4. The fraction of sp³-hybridized carbons (Fsp3) is 0.284. The average molecular weight is 1150 g/mol. The molecule has 0 N–H and O–H groups in total. The van der Waals surface area contributed by atoms with Crippen molar-refractivity contribution in [2.24, 2.45) is 0 Å². The topological polar surface area (TPSA) is 33.5 Å². The van der Waals surface area contributed by atoms with Crippen molar-refractivity contribution in [2.45, 2.75) is 124 Å². The van der Waals surface area contributed by atoms with E-state index in [1.807, 2.05) is 12.3 Å². The number of hydrogen-bond donors (Lipinski definition) is 0. The van der Waals surface area contributed by atoms with Crippen molar-refractivity contribution in [2.75, 3.05) is 9.80 Å². The van der Waals surface area contributed by atoms with E-state index in [-0.39, 0.29) is 49.4 Å². The summed E-state index contributed by atoms with van der Waals surface area (Å²) in [5, 5.41) is 2.53. The number of pyridine rings is 1. The Kier molecular flexibility index (Phi) is 12.8. The second-order valence-corrected chi connectivity index (χ2v) is 24.9. The number of para-hydroxylation sites is 2. The molecule has 5 nitrogen and oxygen atoms in total. The Morgan fingerprint density at radius 2 is 1.12 bits per heavy atom. The number of benzene rings is 7. The average Bonchev–Trinajstić information content (AvgIpc) is 4.01. The molecule has 2 aliphatic rings. The first kappa shape index (κ1) is 51.1. The molecule has 7 aromatic carbocycles. The molecule has 0 bridgehead atoms. The summed E-state index contributed by atoms with van der Waals surface area (Å²) in [6.45, 7) is 34.8. The molecular formula is C67H68BN4OPt-3. The Balaban J connectivity index is 0.00000626. The maximum absolute atomic E-state index is 6.98. The number of nitrogens with zero attached hydrogens (tertiary/aromatic N) is 4. The Labute approximate surface area is 455 Å². The van der Waals surface area contributed by atoms with E-state index < -0.39 is 0 Å². The van der Waals surface area contributed by atoms with Crippen molar-refractivity contribution in [1.29, 1.82) is 0 Å². The Bertz CT molecular complexity index is 3590. The fourth-order valence-corrected chi connectivity index (χ4v) is 11.1. The van der Waals surface area contributed by atoms with Crippen LogP contribution in [0.15, 0.2) is 146 Å². The normalized spacial score (nSPS) is 13.7. The standard InChI is InChI=1S/C67H68BN4O.Pt/c1-42(2)68-54-26-21-29-58-61(54)62-55(68)39-51(40-59(62)72(58)60-37-45(30-31-69-60)64(3,4)5)73-50-25-20-24-49(38-50)70-41-71(57-28-19-18-27-56(57)70)63-52(43-22-16-15-17-23-43)35-48(67(12,13)14)36-53(63)44-32-46(65(6,7)8)34-47(33-44)66(9,10)11;/h15-37,39,41-42H,1-14H3;/q-3;. The zero-order valence-corrected chi connectivity index (χ0v) is 47.9. The molecule has 0 fully saturated rings. The summed E-state index contributed by atoms with van der Waals surface area (Å²) >= 11 is 0. The summed E-state index contributed by atoms with van der Waals surface area (Å²) in [5.74, 6) is 2.54. The molecule has 0 unspecified atom stereocenters. The van der Waals surface area contributed by atoms with E-state index in [0.29, 0.717) is 17.3 Å². The molecule has 0 radical (unpaired) electrons. The van der Waals surface area contributed by atoms with Crippen LogP contribution >= 0.6 is 0 Å². The molecule has 11 rings (SSSR count). The van der Waals surface area contributed by atoms with Crippen LogP contribution in [-0.4, -0.2) is 16.3 Å². The summed E-state index contributed by atoms with van der Waals surface area (Å²) in [7, 11) is 0. The van der Waals surface area contributed by atoms with Crippen molar-refractivity contribution in [1.82, 2.24) is 9.55 Å². The van der Waals surface area contributed by atoms with Crippen molar-refractivity contribution < 1.29 is 25.8 Å². The molecule has 0 atom stereocenters. The molecule has 378 valence electrons. The number of fused-ring (bicyclic) bond motifs is 1. The van der Waals surface area contributed by atoms with Crippen LogP contribution in [0.25, 0.3) is 49.9 Å². The zero-order chi connectivity index (χ0) is 51.5. The molecule has 0 spiro atoms. The number of ether oxygens (including phenoxy) is 1. The Morgan fingerprint density at radius 3 is 1.76 bits per heavy atom. The van der Waals surface area contributed by atoms with Gasteiger partial charge in [-0.2, -0.15) is 11.5 Å². The molecule has 2 aromatic heterocycles. The van der Waals surface area contributed by atoms with Crippen LogP contribution in [0.4, 0.5) is 22.7 Å². The predicted octanol–water partition coefficient (Wildman–Crippen LogP) is 16.8. The van der Waals surface area contributed by atoms with E-state index in [2.05, 4.69) is 264 Å². The SMILES string of the molecule is CC(C)B1c2cc(Oc3[c-]c(N4[CH-]N(c5c(-c6ccccc6)cc(C(C)(C)C)cc5-c5cc(C(C)(C)C)cc(C(C)(C)C)c5)c5ccccc54)ccc3)[c-]c3c2c2c1cccc2n3-c1cc(C(C)(C)C)ccn1.[Pt]. The van der Waals surface area contributed by atoms with Gasteiger partial charge in [0.1, 0.15) is 5.82 Å². The molecule has 2 aliphatic heterocycles. The maximum atomic E-state index is 6.98. The minimum Gasteiger partial charge on any atom is -0.509 e. The van der Waals surface area contributed by atoms with E-state index in [9.17, 15) is 0 Å². The van der Waals surface area contributed by atoms with Gasteiger partial charge in [-0.3, -0.25) is 0 Å². The molecule has 0 aliphatic carbocycles. The van der Waals surface area contributed by atoms with E-state index in [1.54, 1.807) is 0 Å². The van der Waals surface area contributed by atoms with Crippen LogP contribution in [0.5, 0.6) is 11.5 Å². The molecule has 0 amide bonds. The number of hydrogen-bond acceptors (Lipinski definition) is 4. The molecule has 7 heteroatoms. The number of aromatic nitrogens is 2. The number of rotatable bonds is 8. The molecule has 74 heavy (non-hydrogen) atoms. The van der Waals surface area contributed by atoms with Gasteiger partial charge in [0.05, 0.1) is 0 Å². The largest absolute Gasteiger partial charge is 0.509 e. The van der Waals surface area contributed by atoms with Gasteiger partial charge >= 0.3 is 0 Å².